The van der Waals surface area contributed by atoms with Gasteiger partial charge >= 0.3 is 0 Å². The van der Waals surface area contributed by atoms with Gasteiger partial charge in [0.25, 0.3) is 10.0 Å². The largest absolute Gasteiger partial charge is 0.507 e. The third-order valence-corrected chi connectivity index (χ3v) is 5.57. The summed E-state index contributed by atoms with van der Waals surface area (Å²) in [5.41, 5.74) is 1.73. The molecule has 0 amide bonds. The maximum Gasteiger partial charge on any atom is 0.268 e. The van der Waals surface area contributed by atoms with E-state index >= 15 is 0 Å². The van der Waals surface area contributed by atoms with Gasteiger partial charge in [0.05, 0.1) is 5.69 Å². The second-order valence-corrected chi connectivity index (χ2v) is 7.27. The molecule has 1 heterocycles. The van der Waals surface area contributed by atoms with Crippen molar-refractivity contribution in [2.75, 3.05) is 10.8 Å². The molecule has 0 aliphatic carbocycles. The summed E-state index contributed by atoms with van der Waals surface area (Å²) < 4.78 is 27.2. The Labute approximate surface area is 124 Å². The molecule has 0 saturated heterocycles. The van der Waals surface area contributed by atoms with E-state index in [0.717, 1.165) is 12.0 Å². The maximum absolute atomic E-state index is 12.9. The van der Waals surface area contributed by atoms with E-state index in [0.29, 0.717) is 12.2 Å². The molecule has 1 atom stereocenters. The lowest BCUT2D eigenvalue weighted by Crippen LogP contribution is -2.39. The number of aromatic hydroxyl groups is 1. The van der Waals surface area contributed by atoms with E-state index in [1.165, 1.54) is 16.4 Å². The SMILES string of the molecule is CC1Cc2ccccc2N(S(=O)(=O)c2ccccc2O)C1. The first kappa shape index (κ1) is 13.9. The van der Waals surface area contributed by atoms with Gasteiger partial charge in [-0.1, -0.05) is 37.3 Å². The predicted octanol–water partition coefficient (Wildman–Crippen LogP) is 2.78. The van der Waals surface area contributed by atoms with Gasteiger partial charge in [-0.2, -0.15) is 0 Å². The topological polar surface area (TPSA) is 57.6 Å². The van der Waals surface area contributed by atoms with Gasteiger partial charge in [0.2, 0.25) is 0 Å². The number of fused-ring (bicyclic) bond motifs is 1. The van der Waals surface area contributed by atoms with Crippen LogP contribution in [0.2, 0.25) is 0 Å². The molecule has 0 bridgehead atoms. The van der Waals surface area contributed by atoms with Crippen LogP contribution in [0.4, 0.5) is 5.69 Å². The van der Waals surface area contributed by atoms with E-state index in [4.69, 9.17) is 0 Å². The average Bonchev–Trinajstić information content (AvgIpc) is 2.46. The lowest BCUT2D eigenvalue weighted by molar-refractivity contribution is 0.457. The quantitative estimate of drug-likeness (QED) is 0.928. The highest BCUT2D eigenvalue weighted by atomic mass is 32.2. The van der Waals surface area contributed by atoms with Crippen LogP contribution in [0.1, 0.15) is 12.5 Å². The summed E-state index contributed by atoms with van der Waals surface area (Å²) in [7, 11) is -3.76. The highest BCUT2D eigenvalue weighted by Gasteiger charge is 2.32. The van der Waals surface area contributed by atoms with Crippen LogP contribution >= 0.6 is 0 Å². The first-order valence-electron chi connectivity index (χ1n) is 6.89. The zero-order valence-electron chi connectivity index (χ0n) is 11.7. The Hall–Kier alpha value is -2.01. The summed E-state index contributed by atoms with van der Waals surface area (Å²) in [6.45, 7) is 2.46. The molecule has 1 unspecified atom stereocenters. The summed E-state index contributed by atoms with van der Waals surface area (Å²) >= 11 is 0. The minimum Gasteiger partial charge on any atom is -0.507 e. The molecule has 1 aliphatic rings. The highest BCUT2D eigenvalue weighted by Crippen LogP contribution is 2.35. The molecule has 3 rings (SSSR count). The number of phenolic OH excluding ortho intramolecular Hbond substituents is 1. The summed E-state index contributed by atoms with van der Waals surface area (Å²) in [6, 6.07) is 13.6. The number of sulfonamides is 1. The van der Waals surface area contributed by atoms with Gasteiger partial charge in [0, 0.05) is 6.54 Å². The molecule has 1 N–H and O–H groups in total. The van der Waals surface area contributed by atoms with Crippen molar-refractivity contribution in [3.05, 3.63) is 54.1 Å². The molecule has 0 spiro atoms. The Morgan fingerprint density at radius 3 is 2.52 bits per heavy atom. The molecule has 0 aromatic heterocycles. The summed E-state index contributed by atoms with van der Waals surface area (Å²) in [5, 5.41) is 9.88. The molecular weight excluding hydrogens is 286 g/mol. The molecule has 2 aromatic rings. The number of benzene rings is 2. The minimum atomic E-state index is -3.76. The summed E-state index contributed by atoms with van der Waals surface area (Å²) in [6.07, 6.45) is 0.864. The van der Waals surface area contributed by atoms with E-state index in [9.17, 15) is 13.5 Å². The van der Waals surface area contributed by atoms with Crippen molar-refractivity contribution in [2.45, 2.75) is 18.2 Å². The molecule has 21 heavy (non-hydrogen) atoms. The van der Waals surface area contributed by atoms with Gasteiger partial charge in [-0.05, 0) is 36.1 Å². The molecule has 110 valence electrons. The Kier molecular flexibility index (Phi) is 3.37. The molecular formula is C16H17NO3S. The fourth-order valence-corrected chi connectivity index (χ4v) is 4.48. The van der Waals surface area contributed by atoms with Crippen LogP contribution in [-0.4, -0.2) is 20.1 Å². The van der Waals surface area contributed by atoms with Crippen LogP contribution in [0.3, 0.4) is 0 Å². The van der Waals surface area contributed by atoms with E-state index in [-0.39, 0.29) is 16.6 Å². The summed E-state index contributed by atoms with van der Waals surface area (Å²) in [4.78, 5) is -0.0473. The van der Waals surface area contributed by atoms with Crippen LogP contribution in [0.25, 0.3) is 0 Å². The average molecular weight is 303 g/mol. The number of hydrogen-bond acceptors (Lipinski definition) is 3. The monoisotopic (exact) mass is 303 g/mol. The number of phenols is 1. The maximum atomic E-state index is 12.9. The normalized spacial score (nSPS) is 18.3. The zero-order chi connectivity index (χ0) is 15.0. The molecule has 4 nitrogen and oxygen atoms in total. The predicted molar refractivity (Wildman–Crippen MR) is 81.9 cm³/mol. The zero-order valence-corrected chi connectivity index (χ0v) is 12.5. The van der Waals surface area contributed by atoms with Gasteiger partial charge in [-0.25, -0.2) is 8.42 Å². The van der Waals surface area contributed by atoms with E-state index in [1.54, 1.807) is 12.1 Å². The Morgan fingerprint density at radius 1 is 1.10 bits per heavy atom. The second kappa shape index (κ2) is 5.07. The Morgan fingerprint density at radius 2 is 1.76 bits per heavy atom. The number of hydrogen-bond donors (Lipinski definition) is 1. The fraction of sp³-hybridized carbons (Fsp3) is 0.250. The van der Waals surface area contributed by atoms with Crippen LogP contribution in [0.5, 0.6) is 5.75 Å². The van der Waals surface area contributed by atoms with Crippen molar-refractivity contribution < 1.29 is 13.5 Å². The van der Waals surface area contributed by atoms with E-state index < -0.39 is 10.0 Å². The van der Waals surface area contributed by atoms with E-state index in [2.05, 4.69) is 0 Å². The Balaban J connectivity index is 2.14. The fourth-order valence-electron chi connectivity index (χ4n) is 2.77. The van der Waals surface area contributed by atoms with Gasteiger partial charge in [0.15, 0.2) is 0 Å². The van der Waals surface area contributed by atoms with Gasteiger partial charge in [0.1, 0.15) is 10.6 Å². The smallest absolute Gasteiger partial charge is 0.268 e. The standard InChI is InChI=1S/C16H17NO3S/c1-12-10-13-6-2-3-7-14(13)17(11-12)21(19,20)16-9-5-4-8-15(16)18/h2-9,12,18H,10-11H2,1H3. The molecule has 0 saturated carbocycles. The third kappa shape index (κ3) is 2.38. The van der Waals surface area contributed by atoms with Crippen molar-refractivity contribution in [1.29, 1.82) is 0 Å². The van der Waals surface area contributed by atoms with Crippen molar-refractivity contribution in [3.63, 3.8) is 0 Å². The lowest BCUT2D eigenvalue weighted by Gasteiger charge is -2.34. The first-order chi connectivity index (χ1) is 10.00. The highest BCUT2D eigenvalue weighted by molar-refractivity contribution is 7.93. The van der Waals surface area contributed by atoms with Crippen molar-refractivity contribution in [1.82, 2.24) is 0 Å². The molecule has 1 aliphatic heterocycles. The summed E-state index contributed by atoms with van der Waals surface area (Å²) in [5.74, 6) is 0.0220. The minimum absolute atomic E-state index is 0.0473. The number of rotatable bonds is 2. The molecule has 0 fully saturated rings. The van der Waals surface area contributed by atoms with Crippen LogP contribution in [-0.2, 0) is 16.4 Å². The molecule has 0 radical (unpaired) electrons. The number of anilines is 1. The Bertz CT molecular complexity index is 771. The first-order valence-corrected chi connectivity index (χ1v) is 8.33. The number of nitrogens with zero attached hydrogens (tertiary/aromatic N) is 1. The van der Waals surface area contributed by atoms with Gasteiger partial charge < -0.3 is 5.11 Å². The lowest BCUT2D eigenvalue weighted by atomic mass is 9.96. The molecule has 2 aromatic carbocycles. The van der Waals surface area contributed by atoms with Crippen LogP contribution < -0.4 is 4.31 Å². The third-order valence-electron chi connectivity index (χ3n) is 3.74. The van der Waals surface area contributed by atoms with E-state index in [1.807, 2.05) is 31.2 Å². The van der Waals surface area contributed by atoms with Gasteiger partial charge in [-0.3, -0.25) is 4.31 Å². The van der Waals surface area contributed by atoms with Crippen molar-refractivity contribution in [3.8, 4) is 5.75 Å². The van der Waals surface area contributed by atoms with Crippen molar-refractivity contribution >= 4 is 15.7 Å². The van der Waals surface area contributed by atoms with Crippen molar-refractivity contribution in [2.24, 2.45) is 5.92 Å². The molecule has 5 heteroatoms. The number of para-hydroxylation sites is 2. The van der Waals surface area contributed by atoms with Crippen LogP contribution in [0.15, 0.2) is 53.4 Å². The van der Waals surface area contributed by atoms with Gasteiger partial charge in [-0.15, -0.1) is 0 Å². The van der Waals surface area contributed by atoms with Crippen LogP contribution in [0, 0.1) is 5.92 Å². The second-order valence-electron chi connectivity index (χ2n) is 5.44.